The molecule has 0 amide bonds. The lowest BCUT2D eigenvalue weighted by atomic mass is 9.89. The van der Waals surface area contributed by atoms with Gasteiger partial charge in [0.1, 0.15) is 0 Å². The van der Waals surface area contributed by atoms with Crippen LogP contribution in [-0.4, -0.2) is 6.79 Å². The van der Waals surface area contributed by atoms with Crippen LogP contribution in [0, 0.1) is 0 Å². The molecule has 1 saturated carbocycles. The zero-order valence-corrected chi connectivity index (χ0v) is 9.72. The van der Waals surface area contributed by atoms with Crippen molar-refractivity contribution in [3.8, 4) is 11.5 Å². The number of hydrogen-bond acceptors (Lipinski definition) is 3. The molecule has 1 aromatic carbocycles. The largest absolute Gasteiger partial charge is 0.454 e. The molecule has 0 bridgehead atoms. The number of benzene rings is 1. The van der Waals surface area contributed by atoms with Crippen molar-refractivity contribution in [3.63, 3.8) is 0 Å². The first-order valence-corrected chi connectivity index (χ1v) is 5.95. The summed E-state index contributed by atoms with van der Waals surface area (Å²) in [5, 5.41) is 0.689. The summed E-state index contributed by atoms with van der Waals surface area (Å²) in [5.74, 6) is 1.48. The normalized spacial score (nSPS) is 21.4. The van der Waals surface area contributed by atoms with Gasteiger partial charge in [0.2, 0.25) is 6.79 Å². The molecule has 3 nitrogen and oxygen atoms in total. The number of hydrogen-bond donors (Lipinski definition) is 1. The monoisotopic (exact) mass is 239 g/mol. The van der Waals surface area contributed by atoms with Gasteiger partial charge in [-0.1, -0.05) is 24.4 Å². The molecule has 0 atom stereocenters. The van der Waals surface area contributed by atoms with Gasteiger partial charge in [-0.15, -0.1) is 0 Å². The average molecular weight is 240 g/mol. The maximum absolute atomic E-state index is 6.39. The summed E-state index contributed by atoms with van der Waals surface area (Å²) in [6, 6.07) is 3.75. The van der Waals surface area contributed by atoms with Crippen LogP contribution in [-0.2, 0) is 5.54 Å². The van der Waals surface area contributed by atoms with Gasteiger partial charge in [-0.3, -0.25) is 0 Å². The van der Waals surface area contributed by atoms with Crippen LogP contribution < -0.4 is 15.2 Å². The molecule has 4 heteroatoms. The number of halogens is 1. The van der Waals surface area contributed by atoms with Crippen LogP contribution in [0.2, 0.25) is 5.02 Å². The lowest BCUT2D eigenvalue weighted by Crippen LogP contribution is -2.33. The van der Waals surface area contributed by atoms with Crippen LogP contribution >= 0.6 is 11.6 Å². The first-order valence-electron chi connectivity index (χ1n) is 5.58. The summed E-state index contributed by atoms with van der Waals surface area (Å²) in [7, 11) is 0. The lowest BCUT2D eigenvalue weighted by molar-refractivity contribution is 0.174. The Hall–Kier alpha value is -0.930. The maximum Gasteiger partial charge on any atom is 0.231 e. The summed E-state index contributed by atoms with van der Waals surface area (Å²) in [6.45, 7) is 0.271. The first kappa shape index (κ1) is 10.2. The van der Waals surface area contributed by atoms with Gasteiger partial charge in [-0.05, 0) is 24.5 Å². The van der Waals surface area contributed by atoms with Crippen molar-refractivity contribution < 1.29 is 9.47 Å². The van der Waals surface area contributed by atoms with E-state index in [1.807, 2.05) is 12.1 Å². The third-order valence-electron chi connectivity index (χ3n) is 3.49. The number of ether oxygens (including phenoxy) is 2. The van der Waals surface area contributed by atoms with Gasteiger partial charge in [-0.2, -0.15) is 0 Å². The minimum atomic E-state index is -0.280. The molecule has 16 heavy (non-hydrogen) atoms. The predicted molar refractivity (Wildman–Crippen MR) is 61.9 cm³/mol. The van der Waals surface area contributed by atoms with Crippen LogP contribution in [0.5, 0.6) is 11.5 Å². The Kier molecular flexibility index (Phi) is 2.26. The zero-order chi connectivity index (χ0) is 11.2. The Morgan fingerprint density at radius 3 is 2.44 bits per heavy atom. The molecule has 1 aromatic rings. The van der Waals surface area contributed by atoms with E-state index in [9.17, 15) is 0 Å². The smallest absolute Gasteiger partial charge is 0.231 e. The molecule has 0 spiro atoms. The first-order chi connectivity index (χ1) is 7.69. The third-order valence-corrected chi connectivity index (χ3v) is 3.81. The van der Waals surface area contributed by atoms with Gasteiger partial charge in [0.15, 0.2) is 11.5 Å². The van der Waals surface area contributed by atoms with Gasteiger partial charge >= 0.3 is 0 Å². The molecule has 2 aliphatic rings. The molecular weight excluding hydrogens is 226 g/mol. The molecule has 1 aliphatic carbocycles. The van der Waals surface area contributed by atoms with E-state index in [2.05, 4.69) is 0 Å². The fourth-order valence-electron chi connectivity index (χ4n) is 2.57. The van der Waals surface area contributed by atoms with Crippen molar-refractivity contribution in [3.05, 3.63) is 22.7 Å². The van der Waals surface area contributed by atoms with Crippen LogP contribution in [0.4, 0.5) is 0 Å². The van der Waals surface area contributed by atoms with Gasteiger partial charge in [0.05, 0.1) is 0 Å². The van der Waals surface area contributed by atoms with Crippen molar-refractivity contribution in [2.45, 2.75) is 31.2 Å². The van der Waals surface area contributed by atoms with Crippen molar-refractivity contribution in [1.29, 1.82) is 0 Å². The summed E-state index contributed by atoms with van der Waals surface area (Å²) in [4.78, 5) is 0. The molecule has 0 unspecified atom stereocenters. The van der Waals surface area contributed by atoms with Gasteiger partial charge < -0.3 is 15.2 Å². The second kappa shape index (κ2) is 3.54. The van der Waals surface area contributed by atoms with E-state index < -0.39 is 0 Å². The minimum absolute atomic E-state index is 0.271. The van der Waals surface area contributed by atoms with Crippen LogP contribution in [0.3, 0.4) is 0 Å². The number of nitrogens with two attached hydrogens (primary N) is 1. The van der Waals surface area contributed by atoms with E-state index in [1.54, 1.807) is 0 Å². The van der Waals surface area contributed by atoms with Crippen molar-refractivity contribution in [2.75, 3.05) is 6.79 Å². The van der Waals surface area contributed by atoms with E-state index in [1.165, 1.54) is 12.8 Å². The summed E-state index contributed by atoms with van der Waals surface area (Å²) in [6.07, 6.45) is 4.32. The fraction of sp³-hybridized carbons (Fsp3) is 0.500. The number of rotatable bonds is 1. The van der Waals surface area contributed by atoms with Gasteiger partial charge in [0.25, 0.3) is 0 Å². The third kappa shape index (κ3) is 1.46. The van der Waals surface area contributed by atoms with E-state index in [4.69, 9.17) is 26.8 Å². The van der Waals surface area contributed by atoms with E-state index in [0.717, 1.165) is 29.9 Å². The molecular formula is C12H14ClNO2. The fourth-order valence-corrected chi connectivity index (χ4v) is 2.92. The standard InChI is InChI=1S/C12H14ClNO2/c13-9-6-11-10(15-7-16-11)5-8(9)12(14)3-1-2-4-12/h5-6H,1-4,7,14H2. The zero-order valence-electron chi connectivity index (χ0n) is 8.96. The molecule has 1 fully saturated rings. The lowest BCUT2D eigenvalue weighted by Gasteiger charge is -2.25. The van der Waals surface area contributed by atoms with Crippen LogP contribution in [0.25, 0.3) is 0 Å². The summed E-state index contributed by atoms with van der Waals surface area (Å²) < 4.78 is 10.6. The van der Waals surface area contributed by atoms with Crippen LogP contribution in [0.1, 0.15) is 31.2 Å². The molecule has 2 N–H and O–H groups in total. The SMILES string of the molecule is NC1(c2cc3c(cc2Cl)OCO3)CCCC1. The average Bonchev–Trinajstić information content (AvgIpc) is 2.85. The van der Waals surface area contributed by atoms with Gasteiger partial charge in [-0.25, -0.2) is 0 Å². The highest BCUT2D eigenvalue weighted by atomic mass is 35.5. The molecule has 0 radical (unpaired) electrons. The van der Waals surface area contributed by atoms with Crippen molar-refractivity contribution in [2.24, 2.45) is 5.73 Å². The topological polar surface area (TPSA) is 44.5 Å². The quantitative estimate of drug-likeness (QED) is 0.820. The molecule has 86 valence electrons. The van der Waals surface area contributed by atoms with Crippen LogP contribution in [0.15, 0.2) is 12.1 Å². The highest BCUT2D eigenvalue weighted by Gasteiger charge is 2.34. The van der Waals surface area contributed by atoms with E-state index in [-0.39, 0.29) is 12.3 Å². The number of fused-ring (bicyclic) bond motifs is 1. The van der Waals surface area contributed by atoms with Gasteiger partial charge in [0, 0.05) is 16.6 Å². The Labute approximate surface area is 99.5 Å². The second-order valence-electron chi connectivity index (χ2n) is 4.55. The van der Waals surface area contributed by atoms with Crippen molar-refractivity contribution >= 4 is 11.6 Å². The predicted octanol–water partition coefficient (Wildman–Crippen LogP) is 2.80. The summed E-state index contributed by atoms with van der Waals surface area (Å²) >= 11 is 6.26. The van der Waals surface area contributed by atoms with E-state index >= 15 is 0 Å². The summed E-state index contributed by atoms with van der Waals surface area (Å²) in [5.41, 5.74) is 7.11. The van der Waals surface area contributed by atoms with E-state index in [0.29, 0.717) is 5.02 Å². The molecule has 3 rings (SSSR count). The highest BCUT2D eigenvalue weighted by molar-refractivity contribution is 6.31. The molecule has 0 saturated heterocycles. The molecule has 1 aliphatic heterocycles. The minimum Gasteiger partial charge on any atom is -0.454 e. The van der Waals surface area contributed by atoms with Crippen molar-refractivity contribution in [1.82, 2.24) is 0 Å². The second-order valence-corrected chi connectivity index (χ2v) is 4.96. The Balaban J connectivity index is 2.07. The Bertz CT molecular complexity index is 427. The molecule has 0 aromatic heterocycles. The maximum atomic E-state index is 6.39. The molecule has 1 heterocycles. The highest BCUT2D eigenvalue weighted by Crippen LogP contribution is 2.44. The Morgan fingerprint density at radius 2 is 1.75 bits per heavy atom. The Morgan fingerprint density at radius 1 is 1.12 bits per heavy atom.